The minimum absolute atomic E-state index is 0.0871. The summed E-state index contributed by atoms with van der Waals surface area (Å²) in [4.78, 5) is 0. The zero-order valence-corrected chi connectivity index (χ0v) is 12.4. The van der Waals surface area contributed by atoms with Crippen LogP contribution in [0.4, 0.5) is 0 Å². The molecule has 2 aromatic rings. The van der Waals surface area contributed by atoms with E-state index >= 15 is 0 Å². The molecule has 1 nitrogen and oxygen atoms in total. The van der Waals surface area contributed by atoms with E-state index in [4.69, 9.17) is 39.5 Å². The fourth-order valence-corrected chi connectivity index (χ4v) is 2.26. The molecule has 0 heterocycles. The molecule has 0 amide bonds. The van der Waals surface area contributed by atoms with E-state index in [1.54, 1.807) is 18.2 Å². The molecule has 0 spiro atoms. The quantitative estimate of drug-likeness (QED) is 0.639. The maximum Gasteiger partial charge on any atom is 0.125 e. The molecule has 4 heteroatoms. The molecule has 0 aliphatic carbocycles. The highest BCUT2D eigenvalue weighted by atomic mass is 35.5. The summed E-state index contributed by atoms with van der Waals surface area (Å²) in [5, 5.41) is 1.000. The summed E-state index contributed by atoms with van der Waals surface area (Å²) in [7, 11) is 0. The summed E-state index contributed by atoms with van der Waals surface area (Å²) in [5.41, 5.74) is 1.09. The minimum Gasteiger partial charge on any atom is -0.486 e. The maximum absolute atomic E-state index is 5.98. The number of benzene rings is 2. The van der Waals surface area contributed by atoms with E-state index in [1.807, 2.05) is 30.3 Å². The minimum atomic E-state index is -0.0871. The Labute approximate surface area is 128 Å². The Morgan fingerprint density at radius 2 is 1.68 bits per heavy atom. The standard InChI is InChI=1S/C15H13Cl3O/c16-9-8-15(11-4-2-1-3-5-11)19-12-6-7-13(17)14(18)10-12/h1-7,10,15H,8-9H2/t15-/m0/s1. The molecule has 0 bridgehead atoms. The van der Waals surface area contributed by atoms with Gasteiger partial charge in [0.1, 0.15) is 11.9 Å². The summed E-state index contributed by atoms with van der Waals surface area (Å²) in [6.07, 6.45) is 0.641. The maximum atomic E-state index is 5.98. The van der Waals surface area contributed by atoms with E-state index in [2.05, 4.69) is 0 Å². The van der Waals surface area contributed by atoms with Crippen molar-refractivity contribution in [2.45, 2.75) is 12.5 Å². The molecule has 0 saturated heterocycles. The molecule has 0 saturated carbocycles. The first kappa shape index (κ1) is 14.5. The van der Waals surface area contributed by atoms with Crippen LogP contribution in [0.2, 0.25) is 10.0 Å². The van der Waals surface area contributed by atoms with Crippen molar-refractivity contribution in [2.75, 3.05) is 5.88 Å². The number of halogens is 3. The molecular formula is C15H13Cl3O. The van der Waals surface area contributed by atoms with E-state index in [-0.39, 0.29) is 6.10 Å². The molecule has 1 atom stereocenters. The molecule has 0 N–H and O–H groups in total. The zero-order chi connectivity index (χ0) is 13.7. The SMILES string of the molecule is ClCC[C@H](Oc1ccc(Cl)c(Cl)c1)c1ccccc1. The van der Waals surface area contributed by atoms with E-state index in [0.717, 1.165) is 12.0 Å². The van der Waals surface area contributed by atoms with Crippen LogP contribution in [-0.4, -0.2) is 5.88 Å². The number of hydrogen-bond donors (Lipinski definition) is 0. The van der Waals surface area contributed by atoms with Gasteiger partial charge in [-0.25, -0.2) is 0 Å². The highest BCUT2D eigenvalue weighted by molar-refractivity contribution is 6.42. The lowest BCUT2D eigenvalue weighted by Gasteiger charge is -2.19. The molecule has 0 aliphatic heterocycles. The second kappa shape index (κ2) is 7.04. The Kier molecular flexibility index (Phi) is 5.38. The summed E-state index contributed by atoms with van der Waals surface area (Å²) in [5.74, 6) is 1.22. The lowest BCUT2D eigenvalue weighted by molar-refractivity contribution is 0.202. The third-order valence-corrected chi connectivity index (χ3v) is 3.67. The van der Waals surface area contributed by atoms with Gasteiger partial charge in [-0.1, -0.05) is 53.5 Å². The van der Waals surface area contributed by atoms with E-state index < -0.39 is 0 Å². The van der Waals surface area contributed by atoms with Crippen LogP contribution in [0.5, 0.6) is 5.75 Å². The molecule has 100 valence electrons. The molecule has 2 aromatic carbocycles. The van der Waals surface area contributed by atoms with Gasteiger partial charge in [0, 0.05) is 18.4 Å². The van der Waals surface area contributed by atoms with Crippen molar-refractivity contribution in [1.29, 1.82) is 0 Å². The molecule has 19 heavy (non-hydrogen) atoms. The summed E-state index contributed by atoms with van der Waals surface area (Å²) in [6, 6.07) is 15.2. The molecule has 0 unspecified atom stereocenters. The van der Waals surface area contributed by atoms with Crippen LogP contribution in [0.15, 0.2) is 48.5 Å². The average Bonchev–Trinajstić information content (AvgIpc) is 2.43. The first-order valence-electron chi connectivity index (χ1n) is 5.93. The number of ether oxygens (including phenoxy) is 1. The second-order valence-corrected chi connectivity index (χ2v) is 5.26. The fraction of sp³-hybridized carbons (Fsp3) is 0.200. The van der Waals surface area contributed by atoms with Gasteiger partial charge in [-0.2, -0.15) is 0 Å². The highest BCUT2D eigenvalue weighted by Gasteiger charge is 2.13. The topological polar surface area (TPSA) is 9.23 Å². The van der Waals surface area contributed by atoms with Crippen LogP contribution < -0.4 is 4.74 Å². The first-order chi connectivity index (χ1) is 9.20. The monoisotopic (exact) mass is 314 g/mol. The Morgan fingerprint density at radius 3 is 2.32 bits per heavy atom. The normalized spacial score (nSPS) is 12.2. The number of rotatable bonds is 5. The molecule has 0 aliphatic rings. The Bertz CT molecular complexity index is 528. The van der Waals surface area contributed by atoms with Gasteiger partial charge in [0.15, 0.2) is 0 Å². The summed E-state index contributed by atoms with van der Waals surface area (Å²) < 4.78 is 5.95. The van der Waals surface area contributed by atoms with Gasteiger partial charge < -0.3 is 4.74 Å². The number of hydrogen-bond acceptors (Lipinski definition) is 1. The van der Waals surface area contributed by atoms with Crippen LogP contribution in [0.3, 0.4) is 0 Å². The van der Waals surface area contributed by atoms with Gasteiger partial charge in [0.25, 0.3) is 0 Å². The van der Waals surface area contributed by atoms with Crippen LogP contribution in [0, 0.1) is 0 Å². The van der Waals surface area contributed by atoms with Gasteiger partial charge in [-0.05, 0) is 17.7 Å². The fourth-order valence-electron chi connectivity index (χ4n) is 1.77. The van der Waals surface area contributed by atoms with Crippen LogP contribution in [0.1, 0.15) is 18.1 Å². The van der Waals surface area contributed by atoms with Gasteiger partial charge in [0.2, 0.25) is 0 Å². The van der Waals surface area contributed by atoms with Crippen molar-refractivity contribution in [3.8, 4) is 5.75 Å². The van der Waals surface area contributed by atoms with Crippen LogP contribution in [0.25, 0.3) is 0 Å². The van der Waals surface area contributed by atoms with E-state index in [9.17, 15) is 0 Å². The van der Waals surface area contributed by atoms with Crippen molar-refractivity contribution >= 4 is 34.8 Å². The Morgan fingerprint density at radius 1 is 0.947 bits per heavy atom. The Balaban J connectivity index is 2.19. The van der Waals surface area contributed by atoms with Gasteiger partial charge in [0.05, 0.1) is 10.0 Å². The van der Waals surface area contributed by atoms with Gasteiger partial charge in [-0.3, -0.25) is 0 Å². The average molecular weight is 316 g/mol. The summed E-state index contributed by atoms with van der Waals surface area (Å²) >= 11 is 17.7. The molecule has 0 radical (unpaired) electrons. The second-order valence-electron chi connectivity index (χ2n) is 4.07. The first-order valence-corrected chi connectivity index (χ1v) is 7.22. The zero-order valence-electron chi connectivity index (χ0n) is 10.2. The predicted molar refractivity (Wildman–Crippen MR) is 81.6 cm³/mol. The van der Waals surface area contributed by atoms with E-state index in [0.29, 0.717) is 21.7 Å². The molecular weight excluding hydrogens is 303 g/mol. The van der Waals surface area contributed by atoms with Crippen molar-refractivity contribution in [2.24, 2.45) is 0 Å². The van der Waals surface area contributed by atoms with E-state index in [1.165, 1.54) is 0 Å². The molecule has 0 fully saturated rings. The number of alkyl halides is 1. The van der Waals surface area contributed by atoms with Crippen molar-refractivity contribution < 1.29 is 4.74 Å². The lowest BCUT2D eigenvalue weighted by Crippen LogP contribution is -2.08. The summed E-state index contributed by atoms with van der Waals surface area (Å²) in [6.45, 7) is 0. The third kappa shape index (κ3) is 4.04. The molecule has 0 aromatic heterocycles. The smallest absolute Gasteiger partial charge is 0.125 e. The van der Waals surface area contributed by atoms with Crippen LogP contribution >= 0.6 is 34.8 Å². The van der Waals surface area contributed by atoms with Crippen molar-refractivity contribution in [3.05, 3.63) is 64.1 Å². The van der Waals surface area contributed by atoms with Crippen molar-refractivity contribution in [3.63, 3.8) is 0 Å². The van der Waals surface area contributed by atoms with Crippen LogP contribution in [-0.2, 0) is 0 Å². The van der Waals surface area contributed by atoms with Gasteiger partial charge >= 0.3 is 0 Å². The third-order valence-electron chi connectivity index (χ3n) is 2.71. The Hall–Kier alpha value is -0.890. The van der Waals surface area contributed by atoms with Gasteiger partial charge in [-0.15, -0.1) is 11.6 Å². The highest BCUT2D eigenvalue weighted by Crippen LogP contribution is 2.30. The molecule has 2 rings (SSSR count). The predicted octanol–water partition coefficient (Wildman–Crippen LogP) is 5.74. The lowest BCUT2D eigenvalue weighted by atomic mass is 10.1. The van der Waals surface area contributed by atoms with Crippen molar-refractivity contribution in [1.82, 2.24) is 0 Å². The largest absolute Gasteiger partial charge is 0.486 e.